The number of benzene rings is 3. The van der Waals surface area contributed by atoms with Crippen LogP contribution in [0.1, 0.15) is 30.5 Å². The lowest BCUT2D eigenvalue weighted by molar-refractivity contribution is -0.138. The monoisotopic (exact) mass is 523 g/mol. The highest BCUT2D eigenvalue weighted by molar-refractivity contribution is 7.81. The molecule has 1 aromatic heterocycles. The number of aromatic nitrogens is 2. The highest BCUT2D eigenvalue weighted by atomic mass is 32.1. The van der Waals surface area contributed by atoms with Crippen molar-refractivity contribution in [3.8, 4) is 0 Å². The summed E-state index contributed by atoms with van der Waals surface area (Å²) in [5.41, 5.74) is 6.16. The fourth-order valence-corrected chi connectivity index (χ4v) is 5.22. The first kappa shape index (κ1) is 24.9. The summed E-state index contributed by atoms with van der Waals surface area (Å²) >= 11 is 5.67. The molecular weight excluding hydrogens is 499 g/mol. The normalized spacial score (nSPS) is 15.7. The molecule has 0 aliphatic carbocycles. The van der Waals surface area contributed by atoms with E-state index in [9.17, 15) is 18.0 Å². The molecule has 2 heterocycles. The second-order valence-corrected chi connectivity index (χ2v) is 9.76. The van der Waals surface area contributed by atoms with Crippen molar-refractivity contribution in [3.05, 3.63) is 89.6 Å². The molecule has 190 valence electrons. The maximum absolute atomic E-state index is 13.7. The van der Waals surface area contributed by atoms with E-state index in [0.717, 1.165) is 27.4 Å². The van der Waals surface area contributed by atoms with Crippen molar-refractivity contribution in [2.75, 3.05) is 9.80 Å². The smallest absolute Gasteiger partial charge is 0.326 e. The zero-order chi connectivity index (χ0) is 26.5. The molecule has 1 fully saturated rings. The number of carbonyl (C=O) groups excluding carboxylic acids is 1. The molecule has 0 saturated carbocycles. The Kier molecular flexibility index (Phi) is 6.04. The summed E-state index contributed by atoms with van der Waals surface area (Å²) in [6.07, 6.45) is -2.87. The van der Waals surface area contributed by atoms with Crippen LogP contribution in [0.4, 0.5) is 24.5 Å². The zero-order valence-corrected chi connectivity index (χ0v) is 21.0. The van der Waals surface area contributed by atoms with E-state index in [2.05, 4.69) is 5.10 Å². The maximum Gasteiger partial charge on any atom is 0.416 e. The summed E-state index contributed by atoms with van der Waals surface area (Å²) in [4.78, 5) is 16.3. The standard InChI is InChI=1S/C27H24F3N5OS/c1-26(2)24(36)34(20-9-8-18(14-31)22(13-20)27(28,29)30)25(37)35(26)21-10-11-23-19(12-21)15-32-33(23)16-17-6-4-3-5-7-17/h3-13,15H,14,16,31H2,1-2H3. The van der Waals surface area contributed by atoms with E-state index < -0.39 is 23.2 Å². The third-order valence-corrected chi connectivity index (χ3v) is 6.97. The van der Waals surface area contributed by atoms with Crippen molar-refractivity contribution in [1.29, 1.82) is 0 Å². The van der Waals surface area contributed by atoms with Crippen molar-refractivity contribution in [1.82, 2.24) is 9.78 Å². The van der Waals surface area contributed by atoms with Gasteiger partial charge in [-0.2, -0.15) is 18.3 Å². The van der Waals surface area contributed by atoms with E-state index in [1.165, 1.54) is 12.1 Å². The molecule has 6 nitrogen and oxygen atoms in total. The Morgan fingerprint density at radius 2 is 1.70 bits per heavy atom. The minimum Gasteiger partial charge on any atom is -0.326 e. The fourth-order valence-electron chi connectivity index (χ4n) is 4.70. The molecule has 0 atom stereocenters. The molecule has 4 aromatic rings. The molecule has 1 aliphatic rings. The molecule has 1 aliphatic heterocycles. The van der Waals surface area contributed by atoms with Gasteiger partial charge in [0.25, 0.3) is 5.91 Å². The molecule has 0 unspecified atom stereocenters. The van der Waals surface area contributed by atoms with Crippen LogP contribution in [0, 0.1) is 0 Å². The minimum atomic E-state index is -4.62. The maximum atomic E-state index is 13.7. The minimum absolute atomic E-state index is 0.0480. The number of carbonyl (C=O) groups is 1. The summed E-state index contributed by atoms with van der Waals surface area (Å²) in [7, 11) is 0. The molecule has 5 rings (SSSR count). The second kappa shape index (κ2) is 8.97. The third-order valence-electron chi connectivity index (χ3n) is 6.60. The SMILES string of the molecule is CC1(C)C(=O)N(c2ccc(CN)c(C(F)(F)F)c2)C(=S)N1c1ccc2c(cnn2Cc2ccccc2)c1. The highest BCUT2D eigenvalue weighted by Gasteiger charge is 2.50. The van der Waals surface area contributed by atoms with Crippen LogP contribution < -0.4 is 15.5 Å². The van der Waals surface area contributed by atoms with Crippen LogP contribution in [0.25, 0.3) is 10.9 Å². The number of alkyl halides is 3. The largest absolute Gasteiger partial charge is 0.416 e. The lowest BCUT2D eigenvalue weighted by Gasteiger charge is -2.29. The van der Waals surface area contributed by atoms with E-state index in [-0.39, 0.29) is 22.9 Å². The predicted molar refractivity (Wildman–Crippen MR) is 141 cm³/mol. The lowest BCUT2D eigenvalue weighted by Crippen LogP contribution is -2.44. The van der Waals surface area contributed by atoms with Crippen molar-refractivity contribution in [3.63, 3.8) is 0 Å². The number of amides is 1. The number of anilines is 2. The van der Waals surface area contributed by atoms with E-state index in [0.29, 0.717) is 12.2 Å². The number of thiocarbonyl (C=S) groups is 1. The Morgan fingerprint density at radius 1 is 1.00 bits per heavy atom. The van der Waals surface area contributed by atoms with Gasteiger partial charge < -0.3 is 10.6 Å². The van der Waals surface area contributed by atoms with Gasteiger partial charge in [0.05, 0.1) is 29.5 Å². The summed E-state index contributed by atoms with van der Waals surface area (Å²) in [5.74, 6) is -0.425. The van der Waals surface area contributed by atoms with E-state index >= 15 is 0 Å². The van der Waals surface area contributed by atoms with Crippen LogP contribution in [0.2, 0.25) is 0 Å². The lowest BCUT2D eigenvalue weighted by atomic mass is 10.0. The molecule has 10 heteroatoms. The van der Waals surface area contributed by atoms with Gasteiger partial charge in [0.15, 0.2) is 5.11 Å². The van der Waals surface area contributed by atoms with Crippen LogP contribution in [0.3, 0.4) is 0 Å². The van der Waals surface area contributed by atoms with Crippen molar-refractivity contribution < 1.29 is 18.0 Å². The Hall–Kier alpha value is -3.76. The number of halogens is 3. The quantitative estimate of drug-likeness (QED) is 0.351. The Bertz CT molecular complexity index is 1510. The molecule has 3 aromatic carbocycles. The topological polar surface area (TPSA) is 67.4 Å². The van der Waals surface area contributed by atoms with Gasteiger partial charge >= 0.3 is 6.18 Å². The van der Waals surface area contributed by atoms with Gasteiger partial charge in [-0.25, -0.2) is 0 Å². The van der Waals surface area contributed by atoms with Gasteiger partial charge in [-0.1, -0.05) is 36.4 Å². The van der Waals surface area contributed by atoms with Crippen LogP contribution >= 0.6 is 12.2 Å². The zero-order valence-electron chi connectivity index (χ0n) is 20.2. The van der Waals surface area contributed by atoms with Crippen molar-refractivity contribution >= 4 is 45.5 Å². The predicted octanol–water partition coefficient (Wildman–Crippen LogP) is 5.48. The summed E-state index contributed by atoms with van der Waals surface area (Å²) in [6.45, 7) is 3.72. The Labute approximate surface area is 217 Å². The van der Waals surface area contributed by atoms with Gasteiger partial charge in [0.1, 0.15) is 5.54 Å². The number of fused-ring (bicyclic) bond motifs is 1. The molecule has 37 heavy (non-hydrogen) atoms. The molecule has 0 radical (unpaired) electrons. The van der Waals surface area contributed by atoms with Crippen molar-refractivity contribution in [2.24, 2.45) is 5.73 Å². The molecule has 1 saturated heterocycles. The van der Waals surface area contributed by atoms with Gasteiger partial charge in [0, 0.05) is 17.6 Å². The van der Waals surface area contributed by atoms with Gasteiger partial charge in [0.2, 0.25) is 0 Å². The van der Waals surface area contributed by atoms with E-state index in [1.54, 1.807) is 24.9 Å². The highest BCUT2D eigenvalue weighted by Crippen LogP contribution is 2.40. The van der Waals surface area contributed by atoms with Crippen LogP contribution in [-0.4, -0.2) is 26.3 Å². The van der Waals surface area contributed by atoms with E-state index in [4.69, 9.17) is 18.0 Å². The van der Waals surface area contributed by atoms with E-state index in [1.807, 2.05) is 53.2 Å². The number of nitrogens with two attached hydrogens (primary N) is 1. The first-order chi connectivity index (χ1) is 17.5. The van der Waals surface area contributed by atoms with Crippen LogP contribution in [-0.2, 0) is 24.1 Å². The molecule has 0 spiro atoms. The molecule has 2 N–H and O–H groups in total. The number of hydrogen-bond acceptors (Lipinski definition) is 4. The second-order valence-electron chi connectivity index (χ2n) is 9.39. The van der Waals surface area contributed by atoms with Crippen LogP contribution in [0.5, 0.6) is 0 Å². The van der Waals surface area contributed by atoms with Gasteiger partial charge in [-0.05, 0) is 67.5 Å². The van der Waals surface area contributed by atoms with Gasteiger partial charge in [-0.3, -0.25) is 14.4 Å². The van der Waals surface area contributed by atoms with Crippen molar-refractivity contribution in [2.45, 2.75) is 38.7 Å². The number of nitrogens with zero attached hydrogens (tertiary/aromatic N) is 4. The average molecular weight is 524 g/mol. The molecule has 1 amide bonds. The first-order valence-corrected chi connectivity index (χ1v) is 12.0. The summed E-state index contributed by atoms with van der Waals surface area (Å²) in [5, 5.41) is 5.46. The Morgan fingerprint density at radius 3 is 2.38 bits per heavy atom. The number of hydrogen-bond donors (Lipinski definition) is 1. The first-order valence-electron chi connectivity index (χ1n) is 11.6. The van der Waals surface area contributed by atoms with Gasteiger partial charge in [-0.15, -0.1) is 0 Å². The third kappa shape index (κ3) is 4.25. The molecule has 0 bridgehead atoms. The summed E-state index contributed by atoms with van der Waals surface area (Å²) in [6, 6.07) is 19.2. The summed E-state index contributed by atoms with van der Waals surface area (Å²) < 4.78 is 42.9. The molecular formula is C27H24F3N5OS. The number of rotatable bonds is 5. The fraction of sp³-hybridized carbons (Fsp3) is 0.222. The Balaban J connectivity index is 1.51. The van der Waals surface area contributed by atoms with Crippen LogP contribution in [0.15, 0.2) is 72.9 Å². The average Bonchev–Trinajstić information content (AvgIpc) is 3.33.